The number of carbonyl (C=O) groups is 1. The number of carbonyl (C=O) groups excluding carboxylic acids is 1. The van der Waals surface area contributed by atoms with Crippen molar-refractivity contribution >= 4 is 12.0 Å². The lowest BCUT2D eigenvalue weighted by molar-refractivity contribution is -0.240. The van der Waals surface area contributed by atoms with Crippen LogP contribution in [0.2, 0.25) is 0 Å². The molecule has 0 aliphatic heterocycles. The third kappa shape index (κ3) is 4.46. The van der Waals surface area contributed by atoms with Crippen LogP contribution in [0.25, 0.3) is 6.08 Å². The number of benzene rings is 1. The molecule has 1 aromatic rings. The fourth-order valence-electron chi connectivity index (χ4n) is 12.0. The predicted molar refractivity (Wildman–Crippen MR) is 174 cm³/mol. The number of ether oxygens (including phenoxy) is 1. The van der Waals surface area contributed by atoms with Crippen LogP contribution in [0.1, 0.15) is 105 Å². The maximum Gasteiger partial charge on any atom is 0.331 e. The van der Waals surface area contributed by atoms with E-state index in [1.165, 1.54) is 11.6 Å². The highest BCUT2D eigenvalue weighted by Gasteiger charge is 2.71. The summed E-state index contributed by atoms with van der Waals surface area (Å²) < 4.78 is 6.43. The first-order valence-electron chi connectivity index (χ1n) is 17.2. The molecule has 0 bridgehead atoms. The molecule has 6 rings (SSSR count). The van der Waals surface area contributed by atoms with E-state index in [0.717, 1.165) is 44.1 Å². The van der Waals surface area contributed by atoms with Crippen LogP contribution in [-0.2, 0) is 9.53 Å². The van der Waals surface area contributed by atoms with Gasteiger partial charge >= 0.3 is 5.97 Å². The summed E-state index contributed by atoms with van der Waals surface area (Å²) in [7, 11) is 0. The summed E-state index contributed by atoms with van der Waals surface area (Å²) in [6, 6.07) is 9.73. The summed E-state index contributed by atoms with van der Waals surface area (Å²) in [4.78, 5) is 13.5. The fraction of sp³-hybridized carbons (Fsp3) is 0.718. The Labute approximate surface area is 265 Å². The number of rotatable bonds is 4. The molecular weight excluding hydrogens is 548 g/mol. The molecule has 5 aliphatic carbocycles. The van der Waals surface area contributed by atoms with Gasteiger partial charge in [-0.25, -0.2) is 4.79 Å². The molecule has 0 radical (unpaired) electrons. The molecule has 0 aromatic heterocycles. The van der Waals surface area contributed by atoms with E-state index in [0.29, 0.717) is 24.7 Å². The van der Waals surface area contributed by atoms with Gasteiger partial charge in [0.1, 0.15) is 6.10 Å². The number of aliphatic hydroxyl groups is 3. The largest absolute Gasteiger partial charge is 0.458 e. The molecule has 1 aromatic carbocycles. The molecule has 3 N–H and O–H groups in total. The van der Waals surface area contributed by atoms with Gasteiger partial charge < -0.3 is 20.1 Å². The van der Waals surface area contributed by atoms with E-state index in [9.17, 15) is 20.1 Å². The van der Waals surface area contributed by atoms with Crippen molar-refractivity contribution in [2.75, 3.05) is 6.61 Å². The SMILES string of the molecule is CC1(C)C[C@H](O)[C@]2(CO)[C@H](OC(=O)/C=C/c3ccccc3)C[C@]3(C)C(=CC[C@@H]4[C@@]5(C)CC[C@H](O)C(C)(C)[C@@H]5CC[C@]43C)[C@@H]2C1. The van der Waals surface area contributed by atoms with Crippen molar-refractivity contribution in [2.24, 2.45) is 50.2 Å². The standard InChI is InChI=1S/C39H56O5/c1-34(2)21-27-26-14-15-29-36(5)19-18-30(41)35(3,4)28(36)17-20-37(29,6)38(26,7)23-32(39(27,24-40)31(42)22-34)44-33(43)16-13-25-11-9-8-10-12-25/h8-14,16,27-32,40-42H,15,17-24H2,1-7H3/b16-13+/t27-,28-,29+,30-,31-,32+,36-,37+,38+,39+/m0/s1. The Morgan fingerprint density at radius 2 is 1.61 bits per heavy atom. The van der Waals surface area contributed by atoms with Gasteiger partial charge in [-0.3, -0.25) is 0 Å². The van der Waals surface area contributed by atoms with E-state index in [4.69, 9.17) is 4.74 Å². The van der Waals surface area contributed by atoms with Crippen LogP contribution in [-0.4, -0.2) is 46.2 Å². The lowest BCUT2D eigenvalue weighted by atomic mass is 9.33. The molecule has 0 heterocycles. The van der Waals surface area contributed by atoms with Crippen LogP contribution in [0, 0.1) is 50.2 Å². The molecule has 242 valence electrons. The Morgan fingerprint density at radius 1 is 0.909 bits per heavy atom. The van der Waals surface area contributed by atoms with Crippen LogP contribution < -0.4 is 0 Å². The maximum absolute atomic E-state index is 13.5. The van der Waals surface area contributed by atoms with Crippen molar-refractivity contribution < 1.29 is 24.9 Å². The highest BCUT2D eigenvalue weighted by molar-refractivity contribution is 5.87. The smallest absolute Gasteiger partial charge is 0.331 e. The van der Waals surface area contributed by atoms with Gasteiger partial charge in [0.05, 0.1) is 24.2 Å². The van der Waals surface area contributed by atoms with Gasteiger partial charge in [0.2, 0.25) is 0 Å². The minimum absolute atomic E-state index is 0.0423. The van der Waals surface area contributed by atoms with Crippen LogP contribution >= 0.6 is 0 Å². The van der Waals surface area contributed by atoms with Gasteiger partial charge in [0.15, 0.2) is 0 Å². The molecule has 0 unspecified atom stereocenters. The quantitative estimate of drug-likeness (QED) is 0.190. The summed E-state index contributed by atoms with van der Waals surface area (Å²) in [5.41, 5.74) is 0.941. The first-order valence-corrected chi connectivity index (χ1v) is 17.2. The van der Waals surface area contributed by atoms with E-state index in [1.807, 2.05) is 30.3 Å². The normalized spacial score (nSPS) is 45.7. The number of allylic oxidation sites excluding steroid dienone is 2. The van der Waals surface area contributed by atoms with Crippen LogP contribution in [0.4, 0.5) is 0 Å². The van der Waals surface area contributed by atoms with Gasteiger partial charge in [0, 0.05) is 6.08 Å². The maximum atomic E-state index is 13.5. The van der Waals surface area contributed by atoms with Crippen molar-refractivity contribution in [3.05, 3.63) is 53.6 Å². The molecule has 5 heteroatoms. The Kier molecular flexibility index (Phi) is 7.67. The first-order chi connectivity index (χ1) is 20.5. The van der Waals surface area contributed by atoms with Gasteiger partial charge in [0.25, 0.3) is 0 Å². The van der Waals surface area contributed by atoms with E-state index >= 15 is 0 Å². The monoisotopic (exact) mass is 604 g/mol. The zero-order valence-corrected chi connectivity index (χ0v) is 28.1. The van der Waals surface area contributed by atoms with Crippen molar-refractivity contribution in [1.29, 1.82) is 0 Å². The zero-order chi connectivity index (χ0) is 31.9. The second-order valence-electron chi connectivity index (χ2n) is 17.5. The predicted octanol–water partition coefficient (Wildman–Crippen LogP) is 7.35. The molecular formula is C39H56O5. The molecule has 0 amide bonds. The number of hydrogen-bond acceptors (Lipinski definition) is 5. The number of esters is 1. The van der Waals surface area contributed by atoms with E-state index in [-0.39, 0.29) is 45.7 Å². The Balaban J connectivity index is 1.43. The average Bonchev–Trinajstić information content (AvgIpc) is 2.95. The minimum atomic E-state index is -0.932. The van der Waals surface area contributed by atoms with Crippen molar-refractivity contribution in [2.45, 2.75) is 118 Å². The fourth-order valence-corrected chi connectivity index (χ4v) is 12.0. The number of fused-ring (bicyclic) bond motifs is 7. The zero-order valence-electron chi connectivity index (χ0n) is 28.1. The molecule has 44 heavy (non-hydrogen) atoms. The summed E-state index contributed by atoms with van der Waals surface area (Å²) in [6.07, 6.45) is 11.1. The van der Waals surface area contributed by atoms with E-state index in [1.54, 1.807) is 6.08 Å². The number of aliphatic hydroxyl groups excluding tert-OH is 3. The van der Waals surface area contributed by atoms with Gasteiger partial charge in [-0.15, -0.1) is 0 Å². The Hall–Kier alpha value is -1.95. The summed E-state index contributed by atoms with van der Waals surface area (Å²) in [5.74, 6) is 0.387. The second kappa shape index (κ2) is 10.5. The second-order valence-corrected chi connectivity index (χ2v) is 17.5. The third-order valence-electron chi connectivity index (χ3n) is 14.6. The first kappa shape index (κ1) is 32.0. The highest BCUT2D eigenvalue weighted by Crippen LogP contribution is 2.76. The van der Waals surface area contributed by atoms with Crippen LogP contribution in [0.15, 0.2) is 48.1 Å². The minimum Gasteiger partial charge on any atom is -0.458 e. The molecule has 0 saturated heterocycles. The van der Waals surface area contributed by atoms with E-state index in [2.05, 4.69) is 54.5 Å². The van der Waals surface area contributed by atoms with Crippen LogP contribution in [0.3, 0.4) is 0 Å². The lowest BCUT2D eigenvalue weighted by Gasteiger charge is -2.72. The summed E-state index contributed by atoms with van der Waals surface area (Å²) >= 11 is 0. The molecule has 4 saturated carbocycles. The molecule has 5 nitrogen and oxygen atoms in total. The van der Waals surface area contributed by atoms with Crippen molar-refractivity contribution in [1.82, 2.24) is 0 Å². The van der Waals surface area contributed by atoms with Gasteiger partial charge in [-0.05, 0) is 108 Å². The lowest BCUT2D eigenvalue weighted by Crippen LogP contribution is -2.69. The van der Waals surface area contributed by atoms with Crippen molar-refractivity contribution in [3.63, 3.8) is 0 Å². The van der Waals surface area contributed by atoms with Gasteiger partial charge in [-0.1, -0.05) is 90.4 Å². The molecule has 4 fully saturated rings. The van der Waals surface area contributed by atoms with Gasteiger partial charge in [-0.2, -0.15) is 0 Å². The molecule has 10 atom stereocenters. The highest BCUT2D eigenvalue weighted by atomic mass is 16.5. The van der Waals surface area contributed by atoms with E-state index < -0.39 is 23.6 Å². The summed E-state index contributed by atoms with van der Waals surface area (Å²) in [6.45, 7) is 16.2. The number of hydrogen-bond donors (Lipinski definition) is 3. The topological polar surface area (TPSA) is 87.0 Å². The van der Waals surface area contributed by atoms with Crippen LogP contribution in [0.5, 0.6) is 0 Å². The van der Waals surface area contributed by atoms with Crippen molar-refractivity contribution in [3.8, 4) is 0 Å². The molecule has 5 aliphatic rings. The molecule has 0 spiro atoms. The average molecular weight is 605 g/mol. The third-order valence-corrected chi connectivity index (χ3v) is 14.6. The summed E-state index contributed by atoms with van der Waals surface area (Å²) in [5, 5.41) is 34.2. The Bertz CT molecular complexity index is 1330. The Morgan fingerprint density at radius 3 is 2.30 bits per heavy atom.